The zero-order chi connectivity index (χ0) is 34.6. The summed E-state index contributed by atoms with van der Waals surface area (Å²) in [4.78, 5) is 0. The molecule has 11 aromatic carbocycles. The number of rotatable bonds is 3. The van der Waals surface area contributed by atoms with Crippen LogP contribution in [0.5, 0.6) is 0 Å². The van der Waals surface area contributed by atoms with E-state index in [4.69, 9.17) is 0 Å². The zero-order valence-electron chi connectivity index (χ0n) is 29.0. The summed E-state index contributed by atoms with van der Waals surface area (Å²) in [6, 6.07) is 67.9. The van der Waals surface area contributed by atoms with Crippen molar-refractivity contribution in [2.45, 2.75) is 6.42 Å². The number of hydrogen-bond donors (Lipinski definition) is 0. The third-order valence-electron chi connectivity index (χ3n) is 11.9. The SMILES string of the molecule is c1cc(-c2ccc3cc(-c4ccc5ccc6c7ccccc7ccc6c5c4)ccc3c2)cc(-c2cccc3c2c2c(c4c5ccccc5ccc34)C2)c1. The van der Waals surface area contributed by atoms with E-state index in [2.05, 4.69) is 182 Å². The largest absolute Gasteiger partial charge is 0.0616 e. The molecule has 1 aliphatic rings. The highest BCUT2D eigenvalue weighted by atomic mass is 14.3. The lowest BCUT2D eigenvalue weighted by Gasteiger charge is -2.13. The van der Waals surface area contributed by atoms with Gasteiger partial charge < -0.3 is 0 Å². The molecule has 0 N–H and O–H groups in total. The molecular formula is C53H32. The normalized spacial score (nSPS) is 12.5. The molecule has 0 aromatic heterocycles. The Balaban J connectivity index is 0.924. The first-order chi connectivity index (χ1) is 26.2. The molecular weight excluding hydrogens is 637 g/mol. The van der Waals surface area contributed by atoms with Crippen molar-refractivity contribution in [2.24, 2.45) is 0 Å². The molecule has 53 heavy (non-hydrogen) atoms. The van der Waals surface area contributed by atoms with Gasteiger partial charge in [-0.05, 0) is 151 Å². The topological polar surface area (TPSA) is 0 Å². The van der Waals surface area contributed by atoms with Gasteiger partial charge in [-0.1, -0.05) is 158 Å². The molecule has 0 aliphatic heterocycles. The molecule has 0 nitrogen and oxygen atoms in total. The first-order valence-corrected chi connectivity index (χ1v) is 18.6. The molecule has 244 valence electrons. The summed E-state index contributed by atoms with van der Waals surface area (Å²) in [6.07, 6.45) is 1.07. The van der Waals surface area contributed by atoms with Crippen LogP contribution in [0.2, 0.25) is 0 Å². The Morgan fingerprint density at radius 3 is 1.51 bits per heavy atom. The second-order valence-corrected chi connectivity index (χ2v) is 14.8. The molecule has 0 heteroatoms. The quantitative estimate of drug-likeness (QED) is 0.164. The summed E-state index contributed by atoms with van der Waals surface area (Å²) in [5.74, 6) is 0. The highest BCUT2D eigenvalue weighted by molar-refractivity contribution is 6.24. The first kappa shape index (κ1) is 28.9. The predicted octanol–water partition coefficient (Wildman–Crippen LogP) is 14.7. The second-order valence-electron chi connectivity index (χ2n) is 14.8. The van der Waals surface area contributed by atoms with Crippen LogP contribution in [0, 0.1) is 0 Å². The van der Waals surface area contributed by atoms with Crippen LogP contribution in [0.1, 0.15) is 11.1 Å². The summed E-state index contributed by atoms with van der Waals surface area (Å²) in [5.41, 5.74) is 10.6. The molecule has 0 bridgehead atoms. The maximum absolute atomic E-state index is 2.38. The van der Waals surface area contributed by atoms with Crippen molar-refractivity contribution in [1.82, 2.24) is 0 Å². The van der Waals surface area contributed by atoms with E-state index < -0.39 is 0 Å². The van der Waals surface area contributed by atoms with Crippen LogP contribution in [0.3, 0.4) is 0 Å². The van der Waals surface area contributed by atoms with Crippen molar-refractivity contribution in [1.29, 1.82) is 0 Å². The van der Waals surface area contributed by atoms with Crippen LogP contribution in [0.25, 0.3) is 109 Å². The smallest absolute Gasteiger partial charge is 0.000684 e. The van der Waals surface area contributed by atoms with Crippen molar-refractivity contribution in [3.63, 3.8) is 0 Å². The average Bonchev–Trinajstić information content (AvgIpc) is 4.04. The Hall–Kier alpha value is -6.76. The van der Waals surface area contributed by atoms with Gasteiger partial charge >= 0.3 is 0 Å². The van der Waals surface area contributed by atoms with Gasteiger partial charge in [0.1, 0.15) is 0 Å². The minimum atomic E-state index is 1.07. The van der Waals surface area contributed by atoms with Crippen LogP contribution in [-0.2, 0) is 6.42 Å². The minimum Gasteiger partial charge on any atom is -0.0616 e. The van der Waals surface area contributed by atoms with E-state index in [0.717, 1.165) is 6.42 Å². The summed E-state index contributed by atoms with van der Waals surface area (Å²) in [7, 11) is 0. The van der Waals surface area contributed by atoms with Crippen LogP contribution in [0.4, 0.5) is 0 Å². The Morgan fingerprint density at radius 2 is 0.736 bits per heavy atom. The second kappa shape index (κ2) is 10.9. The Labute approximate surface area is 307 Å². The summed E-state index contributed by atoms with van der Waals surface area (Å²) < 4.78 is 0. The van der Waals surface area contributed by atoms with Crippen LogP contribution >= 0.6 is 0 Å². The van der Waals surface area contributed by atoms with E-state index in [9.17, 15) is 0 Å². The van der Waals surface area contributed by atoms with Gasteiger partial charge in [-0.2, -0.15) is 0 Å². The molecule has 0 atom stereocenters. The summed E-state index contributed by atoms with van der Waals surface area (Å²) >= 11 is 0. The standard InChI is InChI=1S/C53H32/c1-3-11-42-32(7-1)21-25-46-45(42)24-22-34-15-16-40(30-49(34)46)39-20-19-37-27-36(17-18-38(37)28-39)35-9-5-10-41(29-35)44-13-6-14-47-48-26-23-33-8-2-4-12-43(33)52(48)50-31-51(50)53(44)47/h1-30H,31H2. The average molecular weight is 669 g/mol. The molecule has 0 unspecified atom stereocenters. The molecule has 0 saturated carbocycles. The van der Waals surface area contributed by atoms with Gasteiger partial charge in [-0.3, -0.25) is 0 Å². The van der Waals surface area contributed by atoms with E-state index in [0.29, 0.717) is 0 Å². The fraction of sp³-hybridized carbons (Fsp3) is 0.0189. The lowest BCUT2D eigenvalue weighted by atomic mass is 9.91. The van der Waals surface area contributed by atoms with E-state index in [1.807, 2.05) is 0 Å². The summed E-state index contributed by atoms with van der Waals surface area (Å²) in [6.45, 7) is 0. The molecule has 0 saturated heterocycles. The monoisotopic (exact) mass is 668 g/mol. The van der Waals surface area contributed by atoms with Gasteiger partial charge in [0.25, 0.3) is 0 Å². The zero-order valence-corrected chi connectivity index (χ0v) is 29.0. The molecule has 0 amide bonds. The fourth-order valence-corrected chi connectivity index (χ4v) is 9.24. The third-order valence-corrected chi connectivity index (χ3v) is 11.9. The Bertz CT molecular complexity index is 3360. The molecule has 0 heterocycles. The Kier molecular flexibility index (Phi) is 5.93. The molecule has 12 rings (SSSR count). The van der Waals surface area contributed by atoms with E-state index in [1.165, 1.54) is 120 Å². The number of hydrogen-bond acceptors (Lipinski definition) is 0. The van der Waals surface area contributed by atoms with Crippen molar-refractivity contribution in [3.05, 3.63) is 193 Å². The van der Waals surface area contributed by atoms with Crippen LogP contribution < -0.4 is 0 Å². The van der Waals surface area contributed by atoms with Gasteiger partial charge in [0.05, 0.1) is 0 Å². The van der Waals surface area contributed by atoms with Crippen LogP contribution in [0.15, 0.2) is 182 Å². The van der Waals surface area contributed by atoms with E-state index in [1.54, 1.807) is 0 Å². The van der Waals surface area contributed by atoms with Crippen molar-refractivity contribution < 1.29 is 0 Å². The van der Waals surface area contributed by atoms with Gasteiger partial charge in [0, 0.05) is 0 Å². The molecule has 0 fully saturated rings. The molecule has 11 aromatic rings. The Morgan fingerprint density at radius 1 is 0.245 bits per heavy atom. The predicted molar refractivity (Wildman–Crippen MR) is 228 cm³/mol. The molecule has 0 spiro atoms. The first-order valence-electron chi connectivity index (χ1n) is 18.6. The van der Waals surface area contributed by atoms with Crippen molar-refractivity contribution >= 4 is 75.4 Å². The van der Waals surface area contributed by atoms with E-state index in [-0.39, 0.29) is 0 Å². The fourth-order valence-electron chi connectivity index (χ4n) is 9.24. The maximum atomic E-state index is 2.38. The van der Waals surface area contributed by atoms with Gasteiger partial charge in [-0.25, -0.2) is 0 Å². The van der Waals surface area contributed by atoms with Crippen LogP contribution in [-0.4, -0.2) is 0 Å². The minimum absolute atomic E-state index is 1.07. The number of fused-ring (bicyclic) bond motifs is 14. The lowest BCUT2D eigenvalue weighted by Crippen LogP contribution is -1.86. The highest BCUT2D eigenvalue weighted by Crippen LogP contribution is 2.49. The third kappa shape index (κ3) is 4.36. The van der Waals surface area contributed by atoms with Gasteiger partial charge in [0.15, 0.2) is 0 Å². The van der Waals surface area contributed by atoms with Crippen molar-refractivity contribution in [2.75, 3.05) is 0 Å². The number of benzene rings is 11. The van der Waals surface area contributed by atoms with Crippen molar-refractivity contribution in [3.8, 4) is 33.4 Å². The summed E-state index contributed by atoms with van der Waals surface area (Å²) in [5, 5.41) is 18.6. The highest BCUT2D eigenvalue weighted by Gasteiger charge is 2.27. The molecule has 1 aliphatic carbocycles. The van der Waals surface area contributed by atoms with Gasteiger partial charge in [0.2, 0.25) is 0 Å². The van der Waals surface area contributed by atoms with E-state index >= 15 is 0 Å². The van der Waals surface area contributed by atoms with Gasteiger partial charge in [-0.15, -0.1) is 0 Å². The lowest BCUT2D eigenvalue weighted by molar-refractivity contribution is 1.61. The molecule has 0 radical (unpaired) electrons. The maximum Gasteiger partial charge on any atom is -0.000684 e.